The number of nitrogens with zero attached hydrogens (tertiary/aromatic N) is 2. The highest BCUT2D eigenvalue weighted by Crippen LogP contribution is 2.38. The smallest absolute Gasteiger partial charge is 0.153 e. The summed E-state index contributed by atoms with van der Waals surface area (Å²) in [4.78, 5) is 4.64. The van der Waals surface area contributed by atoms with Gasteiger partial charge in [0.2, 0.25) is 0 Å². The highest BCUT2D eigenvalue weighted by atomic mass is 15.4. The molecule has 2 aliphatic carbocycles. The van der Waals surface area contributed by atoms with Crippen molar-refractivity contribution in [3.8, 4) is 0 Å². The van der Waals surface area contributed by atoms with Gasteiger partial charge in [-0.05, 0) is 31.6 Å². The molecule has 3 fully saturated rings. The second kappa shape index (κ2) is 4.31. The summed E-state index contributed by atoms with van der Waals surface area (Å²) >= 11 is 0. The molecule has 3 N–H and O–H groups in total. The van der Waals surface area contributed by atoms with Crippen LogP contribution in [-0.4, -0.2) is 27.3 Å². The number of fused-ring (bicyclic) bond motifs is 1. The molecule has 18 heavy (non-hydrogen) atoms. The second-order valence-electron chi connectivity index (χ2n) is 6.07. The molecule has 0 amide bonds. The first-order chi connectivity index (χ1) is 8.90. The summed E-state index contributed by atoms with van der Waals surface area (Å²) in [6.07, 6.45) is 8.93. The Balaban J connectivity index is 1.43. The van der Waals surface area contributed by atoms with E-state index in [1.807, 2.05) is 0 Å². The second-order valence-corrected chi connectivity index (χ2v) is 6.07. The lowest BCUT2D eigenvalue weighted by molar-refractivity contribution is 0.303. The van der Waals surface area contributed by atoms with E-state index in [-0.39, 0.29) is 0 Å². The van der Waals surface area contributed by atoms with Crippen molar-refractivity contribution in [3.63, 3.8) is 0 Å². The van der Waals surface area contributed by atoms with Gasteiger partial charge in [-0.1, -0.05) is 12.8 Å². The van der Waals surface area contributed by atoms with Gasteiger partial charge in [-0.2, -0.15) is 5.10 Å². The molecule has 3 unspecified atom stereocenters. The van der Waals surface area contributed by atoms with Crippen LogP contribution in [0.2, 0.25) is 0 Å². The molecule has 0 radical (unpaired) electrons. The minimum atomic E-state index is 0.523. The summed E-state index contributed by atoms with van der Waals surface area (Å²) in [6, 6.07) is 1.20. The standard InChI is InChI=1S/C13H21N5/c1-2-4-10-9(3-1)11(16-15-10)7-12-14-13(18-17-12)8-5-6-8/h8-11,15-16H,1-7H2,(H,14,17,18). The van der Waals surface area contributed by atoms with E-state index in [9.17, 15) is 0 Å². The molecule has 5 heteroatoms. The molecular weight excluding hydrogens is 226 g/mol. The van der Waals surface area contributed by atoms with Crippen molar-refractivity contribution in [3.05, 3.63) is 11.6 Å². The maximum absolute atomic E-state index is 4.64. The van der Waals surface area contributed by atoms with Gasteiger partial charge in [0.15, 0.2) is 5.82 Å². The summed E-state index contributed by atoms with van der Waals surface area (Å²) in [6.45, 7) is 0. The zero-order valence-corrected chi connectivity index (χ0v) is 10.7. The lowest BCUT2D eigenvalue weighted by atomic mass is 9.81. The van der Waals surface area contributed by atoms with Crippen LogP contribution in [-0.2, 0) is 6.42 Å². The molecule has 0 aromatic carbocycles. The van der Waals surface area contributed by atoms with Crippen LogP contribution in [0.3, 0.4) is 0 Å². The Labute approximate surface area is 107 Å². The third kappa shape index (κ3) is 1.95. The van der Waals surface area contributed by atoms with Crippen LogP contribution in [0.15, 0.2) is 0 Å². The van der Waals surface area contributed by atoms with E-state index in [1.165, 1.54) is 38.5 Å². The summed E-state index contributed by atoms with van der Waals surface area (Å²) in [5.74, 6) is 3.51. The van der Waals surface area contributed by atoms with Gasteiger partial charge in [0.05, 0.1) is 0 Å². The monoisotopic (exact) mass is 247 g/mol. The van der Waals surface area contributed by atoms with E-state index in [2.05, 4.69) is 26.0 Å². The molecule has 3 atom stereocenters. The maximum Gasteiger partial charge on any atom is 0.153 e. The van der Waals surface area contributed by atoms with E-state index in [1.54, 1.807) is 0 Å². The van der Waals surface area contributed by atoms with Gasteiger partial charge in [0.1, 0.15) is 5.82 Å². The predicted octanol–water partition coefficient (Wildman–Crippen LogP) is 1.26. The lowest BCUT2D eigenvalue weighted by Crippen LogP contribution is -2.34. The first kappa shape index (κ1) is 10.9. The van der Waals surface area contributed by atoms with E-state index < -0.39 is 0 Å². The minimum absolute atomic E-state index is 0.523. The van der Waals surface area contributed by atoms with Crippen LogP contribution in [0.4, 0.5) is 0 Å². The Morgan fingerprint density at radius 3 is 2.83 bits per heavy atom. The third-order valence-corrected chi connectivity index (χ3v) is 4.70. The quantitative estimate of drug-likeness (QED) is 0.752. The van der Waals surface area contributed by atoms with Crippen molar-refractivity contribution in [2.75, 3.05) is 0 Å². The summed E-state index contributed by atoms with van der Waals surface area (Å²) in [5.41, 5.74) is 6.92. The van der Waals surface area contributed by atoms with Gasteiger partial charge in [0, 0.05) is 24.4 Å². The van der Waals surface area contributed by atoms with Crippen molar-refractivity contribution in [1.29, 1.82) is 0 Å². The molecular formula is C13H21N5. The van der Waals surface area contributed by atoms with Gasteiger partial charge in [-0.25, -0.2) is 4.98 Å². The van der Waals surface area contributed by atoms with Crippen LogP contribution in [0.1, 0.15) is 56.1 Å². The fourth-order valence-corrected chi connectivity index (χ4v) is 3.48. The molecule has 4 rings (SSSR count). The summed E-state index contributed by atoms with van der Waals surface area (Å²) in [7, 11) is 0. The number of H-pyrrole nitrogens is 1. The molecule has 5 nitrogen and oxygen atoms in total. The Kier molecular flexibility index (Phi) is 2.62. The van der Waals surface area contributed by atoms with Crippen molar-refractivity contribution in [1.82, 2.24) is 26.0 Å². The highest BCUT2D eigenvalue weighted by molar-refractivity contribution is 5.07. The largest absolute Gasteiger partial charge is 0.263 e. The van der Waals surface area contributed by atoms with Gasteiger partial charge >= 0.3 is 0 Å². The number of rotatable bonds is 3. The molecule has 1 saturated heterocycles. The van der Waals surface area contributed by atoms with Crippen LogP contribution in [0.25, 0.3) is 0 Å². The number of hydrogen-bond acceptors (Lipinski definition) is 4. The Hall–Kier alpha value is -0.940. The van der Waals surface area contributed by atoms with Crippen molar-refractivity contribution < 1.29 is 0 Å². The SMILES string of the molecule is C1CCC2C(C1)NNC2Cc1nc(C2CC2)n[nH]1. The molecule has 1 aromatic rings. The molecule has 1 aromatic heterocycles. The normalized spacial score (nSPS) is 35.7. The third-order valence-electron chi connectivity index (χ3n) is 4.70. The van der Waals surface area contributed by atoms with E-state index >= 15 is 0 Å². The van der Waals surface area contributed by atoms with Gasteiger partial charge in [-0.3, -0.25) is 16.0 Å². The Morgan fingerprint density at radius 2 is 1.94 bits per heavy atom. The average molecular weight is 247 g/mol. The number of hydrazine groups is 1. The van der Waals surface area contributed by atoms with Gasteiger partial charge < -0.3 is 0 Å². The topological polar surface area (TPSA) is 65.6 Å². The van der Waals surface area contributed by atoms with Crippen LogP contribution >= 0.6 is 0 Å². The summed E-state index contributed by atoms with van der Waals surface area (Å²) < 4.78 is 0. The lowest BCUT2D eigenvalue weighted by Gasteiger charge is -2.26. The van der Waals surface area contributed by atoms with Crippen molar-refractivity contribution >= 4 is 0 Å². The fraction of sp³-hybridized carbons (Fsp3) is 0.846. The number of aromatic amines is 1. The fourth-order valence-electron chi connectivity index (χ4n) is 3.48. The van der Waals surface area contributed by atoms with Crippen LogP contribution < -0.4 is 10.9 Å². The molecule has 2 heterocycles. The van der Waals surface area contributed by atoms with Crippen LogP contribution in [0, 0.1) is 5.92 Å². The predicted molar refractivity (Wildman–Crippen MR) is 67.9 cm³/mol. The first-order valence-corrected chi connectivity index (χ1v) is 7.32. The van der Waals surface area contributed by atoms with Gasteiger partial charge in [-0.15, -0.1) is 0 Å². The van der Waals surface area contributed by atoms with Crippen molar-refractivity contribution in [2.45, 2.75) is 62.9 Å². The zero-order chi connectivity index (χ0) is 11.9. The van der Waals surface area contributed by atoms with E-state index in [0.717, 1.165) is 24.0 Å². The molecule has 1 aliphatic heterocycles. The first-order valence-electron chi connectivity index (χ1n) is 7.32. The zero-order valence-electron chi connectivity index (χ0n) is 10.7. The van der Waals surface area contributed by atoms with E-state index in [0.29, 0.717) is 18.0 Å². The summed E-state index contributed by atoms with van der Waals surface area (Å²) in [5, 5.41) is 7.46. The minimum Gasteiger partial charge on any atom is -0.263 e. The Bertz CT molecular complexity index is 425. The molecule has 3 aliphatic rings. The molecule has 0 spiro atoms. The number of aromatic nitrogens is 3. The Morgan fingerprint density at radius 1 is 1.06 bits per heavy atom. The molecule has 98 valence electrons. The number of nitrogens with one attached hydrogen (secondary N) is 3. The van der Waals surface area contributed by atoms with Crippen molar-refractivity contribution in [2.24, 2.45) is 5.92 Å². The highest BCUT2D eigenvalue weighted by Gasteiger charge is 2.37. The van der Waals surface area contributed by atoms with E-state index in [4.69, 9.17) is 0 Å². The number of hydrogen-bond donors (Lipinski definition) is 3. The van der Waals surface area contributed by atoms with Crippen LogP contribution in [0.5, 0.6) is 0 Å². The maximum atomic E-state index is 4.64. The average Bonchev–Trinajstić information content (AvgIpc) is 3.02. The van der Waals surface area contributed by atoms with Gasteiger partial charge in [0.25, 0.3) is 0 Å². The molecule has 2 saturated carbocycles. The molecule has 0 bridgehead atoms.